The third kappa shape index (κ3) is 4.87. The molecule has 120 valence electrons. The summed E-state index contributed by atoms with van der Waals surface area (Å²) in [6, 6.07) is 5.74. The number of para-hydroxylation sites is 1. The average molecular weight is 321 g/mol. The van der Waals surface area contributed by atoms with Crippen LogP contribution in [-0.4, -0.2) is 29.1 Å². The topological polar surface area (TPSA) is 65.9 Å². The van der Waals surface area contributed by atoms with Gasteiger partial charge in [-0.25, -0.2) is 0 Å². The van der Waals surface area contributed by atoms with E-state index in [0.717, 1.165) is 12.8 Å². The first-order valence-corrected chi connectivity index (χ1v) is 8.16. The molecule has 0 bridgehead atoms. The maximum absolute atomic E-state index is 10.1. The number of aromatic hydroxyl groups is 1. The zero-order chi connectivity index (χ0) is 15.8. The number of hydrogen-bond acceptors (Lipinski definition) is 4. The zero-order valence-electron chi connectivity index (χ0n) is 12.8. The molecular formula is C16H23N3O2S. The van der Waals surface area contributed by atoms with E-state index < -0.39 is 0 Å². The van der Waals surface area contributed by atoms with Gasteiger partial charge >= 0.3 is 0 Å². The van der Waals surface area contributed by atoms with Crippen LogP contribution < -0.4 is 15.5 Å². The van der Waals surface area contributed by atoms with E-state index in [9.17, 15) is 5.11 Å². The first kappa shape index (κ1) is 16.5. The zero-order valence-corrected chi connectivity index (χ0v) is 13.7. The molecule has 0 unspecified atom stereocenters. The van der Waals surface area contributed by atoms with E-state index in [4.69, 9.17) is 17.0 Å². The summed E-state index contributed by atoms with van der Waals surface area (Å²) in [6.45, 7) is 2.37. The average Bonchev–Trinajstić information content (AvgIpc) is 2.52. The number of benzene rings is 1. The van der Waals surface area contributed by atoms with Crippen LogP contribution in [-0.2, 0) is 0 Å². The van der Waals surface area contributed by atoms with E-state index in [0.29, 0.717) is 29.1 Å². The molecule has 5 nitrogen and oxygen atoms in total. The van der Waals surface area contributed by atoms with E-state index in [1.165, 1.54) is 25.5 Å². The Balaban J connectivity index is 1.86. The van der Waals surface area contributed by atoms with Crippen LogP contribution >= 0.6 is 12.2 Å². The summed E-state index contributed by atoms with van der Waals surface area (Å²) in [4.78, 5) is 0. The summed E-state index contributed by atoms with van der Waals surface area (Å²) in [6.07, 6.45) is 7.66. The summed E-state index contributed by atoms with van der Waals surface area (Å²) >= 11 is 5.23. The molecule has 1 aromatic rings. The molecule has 3 N–H and O–H groups in total. The van der Waals surface area contributed by atoms with Crippen LogP contribution in [0.1, 0.15) is 44.6 Å². The number of phenolic OH excluding ortho intramolecular Hbond substituents is 1. The lowest BCUT2D eigenvalue weighted by atomic mass is 9.96. The Bertz CT molecular complexity index is 528. The highest BCUT2D eigenvalue weighted by molar-refractivity contribution is 7.80. The van der Waals surface area contributed by atoms with Crippen molar-refractivity contribution >= 4 is 23.5 Å². The Morgan fingerprint density at radius 1 is 1.41 bits per heavy atom. The van der Waals surface area contributed by atoms with Gasteiger partial charge < -0.3 is 15.2 Å². The van der Waals surface area contributed by atoms with Gasteiger partial charge in [-0.3, -0.25) is 5.43 Å². The molecule has 22 heavy (non-hydrogen) atoms. The molecule has 0 atom stereocenters. The maximum Gasteiger partial charge on any atom is 0.187 e. The molecule has 0 radical (unpaired) electrons. The van der Waals surface area contributed by atoms with Gasteiger partial charge in [-0.15, -0.1) is 0 Å². The molecule has 0 spiro atoms. The molecule has 1 aliphatic rings. The predicted octanol–water partition coefficient (Wildman–Crippen LogP) is 2.92. The van der Waals surface area contributed by atoms with Crippen molar-refractivity contribution in [3.05, 3.63) is 23.8 Å². The molecule has 0 saturated heterocycles. The van der Waals surface area contributed by atoms with Gasteiger partial charge in [0.25, 0.3) is 0 Å². The molecule has 1 saturated carbocycles. The number of hydrazone groups is 1. The first-order valence-electron chi connectivity index (χ1n) is 7.75. The normalized spacial score (nSPS) is 15.7. The minimum Gasteiger partial charge on any atom is -0.504 e. The number of hydrogen-bond donors (Lipinski definition) is 3. The van der Waals surface area contributed by atoms with Gasteiger partial charge in [0.05, 0.1) is 12.8 Å². The van der Waals surface area contributed by atoms with Gasteiger partial charge in [-0.2, -0.15) is 5.10 Å². The number of thiocarbonyl (C=S) groups is 1. The van der Waals surface area contributed by atoms with Crippen LogP contribution in [0, 0.1) is 0 Å². The molecule has 6 heteroatoms. The van der Waals surface area contributed by atoms with Crippen molar-refractivity contribution in [1.29, 1.82) is 0 Å². The molecule has 0 aliphatic heterocycles. The first-order chi connectivity index (χ1) is 10.7. The number of ether oxygens (including phenoxy) is 1. The number of rotatable bonds is 5. The lowest BCUT2D eigenvalue weighted by molar-refractivity contribution is 0.318. The van der Waals surface area contributed by atoms with Crippen molar-refractivity contribution in [1.82, 2.24) is 10.7 Å². The minimum atomic E-state index is 0.0843. The maximum atomic E-state index is 10.1. The third-order valence-corrected chi connectivity index (χ3v) is 3.85. The number of nitrogens with zero attached hydrogens (tertiary/aromatic N) is 1. The van der Waals surface area contributed by atoms with Crippen molar-refractivity contribution < 1.29 is 9.84 Å². The van der Waals surface area contributed by atoms with E-state index >= 15 is 0 Å². The molecule has 0 aromatic heterocycles. The number of nitrogens with one attached hydrogen (secondary N) is 2. The molecule has 1 aliphatic carbocycles. The van der Waals surface area contributed by atoms with E-state index in [2.05, 4.69) is 15.8 Å². The second-order valence-electron chi connectivity index (χ2n) is 5.31. The monoisotopic (exact) mass is 321 g/mol. The fourth-order valence-corrected chi connectivity index (χ4v) is 2.76. The summed E-state index contributed by atoms with van der Waals surface area (Å²) in [5.41, 5.74) is 3.38. The Labute approximate surface area is 136 Å². The van der Waals surface area contributed by atoms with Crippen molar-refractivity contribution in [3.63, 3.8) is 0 Å². The Kier molecular flexibility index (Phi) is 6.45. The van der Waals surface area contributed by atoms with Gasteiger partial charge in [0.1, 0.15) is 0 Å². The van der Waals surface area contributed by atoms with Crippen LogP contribution in [0.5, 0.6) is 11.5 Å². The lowest BCUT2D eigenvalue weighted by Gasteiger charge is -2.23. The fraction of sp³-hybridized carbons (Fsp3) is 0.500. The molecule has 1 aromatic carbocycles. The van der Waals surface area contributed by atoms with Crippen LogP contribution in [0.2, 0.25) is 0 Å². The highest BCUT2D eigenvalue weighted by atomic mass is 32.1. The standard InChI is InChI=1S/C16H23N3O2S/c1-2-21-14-10-6-7-12(15(14)20)11-17-19-16(22)18-13-8-4-3-5-9-13/h6-7,10-11,13,20H,2-5,8-9H2,1H3,(H2,18,19,22)/b17-11+. The van der Waals surface area contributed by atoms with Gasteiger partial charge in [0, 0.05) is 11.6 Å². The van der Waals surface area contributed by atoms with Crippen molar-refractivity contribution in [2.24, 2.45) is 5.10 Å². The number of phenols is 1. The predicted molar refractivity (Wildman–Crippen MR) is 92.6 cm³/mol. The largest absolute Gasteiger partial charge is 0.504 e. The second-order valence-corrected chi connectivity index (χ2v) is 5.71. The van der Waals surface area contributed by atoms with Crippen LogP contribution in [0.3, 0.4) is 0 Å². The third-order valence-electron chi connectivity index (χ3n) is 3.64. The van der Waals surface area contributed by atoms with Crippen molar-refractivity contribution in [2.45, 2.75) is 45.1 Å². The van der Waals surface area contributed by atoms with Crippen LogP contribution in [0.4, 0.5) is 0 Å². The Morgan fingerprint density at radius 3 is 2.91 bits per heavy atom. The SMILES string of the molecule is CCOc1cccc(/C=N/NC(=S)NC2CCCCC2)c1O. The van der Waals surface area contributed by atoms with Gasteiger partial charge in [0.15, 0.2) is 16.6 Å². The van der Waals surface area contributed by atoms with Gasteiger partial charge in [0.2, 0.25) is 0 Å². The summed E-state index contributed by atoms with van der Waals surface area (Å²) < 4.78 is 5.34. The quantitative estimate of drug-likeness (QED) is 0.442. The van der Waals surface area contributed by atoms with Crippen molar-refractivity contribution in [3.8, 4) is 11.5 Å². The van der Waals surface area contributed by atoms with Gasteiger partial charge in [-0.05, 0) is 44.1 Å². The van der Waals surface area contributed by atoms with Gasteiger partial charge in [-0.1, -0.05) is 25.3 Å². The lowest BCUT2D eigenvalue weighted by Crippen LogP contribution is -2.40. The Hall–Kier alpha value is -1.82. The molecule has 0 amide bonds. The Morgan fingerprint density at radius 2 is 2.18 bits per heavy atom. The van der Waals surface area contributed by atoms with E-state index in [-0.39, 0.29) is 5.75 Å². The molecule has 2 rings (SSSR count). The van der Waals surface area contributed by atoms with Crippen LogP contribution in [0.25, 0.3) is 0 Å². The molecular weight excluding hydrogens is 298 g/mol. The van der Waals surface area contributed by atoms with E-state index in [1.54, 1.807) is 12.1 Å². The van der Waals surface area contributed by atoms with Crippen LogP contribution in [0.15, 0.2) is 23.3 Å². The van der Waals surface area contributed by atoms with E-state index in [1.807, 2.05) is 13.0 Å². The smallest absolute Gasteiger partial charge is 0.187 e. The second kappa shape index (κ2) is 8.58. The highest BCUT2D eigenvalue weighted by Gasteiger charge is 2.13. The highest BCUT2D eigenvalue weighted by Crippen LogP contribution is 2.28. The molecule has 0 heterocycles. The minimum absolute atomic E-state index is 0.0843. The summed E-state index contributed by atoms with van der Waals surface area (Å²) in [5, 5.41) is 17.9. The fourth-order valence-electron chi connectivity index (χ4n) is 2.54. The summed E-state index contributed by atoms with van der Waals surface area (Å²) in [7, 11) is 0. The summed E-state index contributed by atoms with van der Waals surface area (Å²) in [5.74, 6) is 0.537. The molecule has 1 fully saturated rings. The van der Waals surface area contributed by atoms with Crippen molar-refractivity contribution in [2.75, 3.05) is 6.61 Å².